The van der Waals surface area contributed by atoms with Crippen molar-refractivity contribution in [3.63, 3.8) is 0 Å². The lowest BCUT2D eigenvalue weighted by Gasteiger charge is -1.97. The first-order chi connectivity index (χ1) is 5.84. The van der Waals surface area contributed by atoms with Crippen LogP contribution in [0.5, 0.6) is 0 Å². The number of benzene rings is 1. The standard InChI is InChI=1S/C10H8OS/c11-8-4-7-10(12)9-5-2-1-3-6-9/h1-6H,7H2. The third kappa shape index (κ3) is 2.42. The van der Waals surface area contributed by atoms with Crippen molar-refractivity contribution in [3.05, 3.63) is 42.0 Å². The summed E-state index contributed by atoms with van der Waals surface area (Å²) in [5.41, 5.74) is 0.999. The van der Waals surface area contributed by atoms with E-state index in [1.54, 1.807) is 5.94 Å². The van der Waals surface area contributed by atoms with Gasteiger partial charge in [-0.1, -0.05) is 42.5 Å². The van der Waals surface area contributed by atoms with Crippen molar-refractivity contribution >= 4 is 23.0 Å². The largest absolute Gasteiger partial charge is 0.234 e. The predicted molar refractivity (Wildman–Crippen MR) is 53.0 cm³/mol. The summed E-state index contributed by atoms with van der Waals surface area (Å²) in [5, 5.41) is 0. The van der Waals surface area contributed by atoms with E-state index in [-0.39, 0.29) is 0 Å². The molecule has 0 aromatic heterocycles. The molecule has 0 aliphatic carbocycles. The molecule has 0 aliphatic heterocycles. The van der Waals surface area contributed by atoms with Crippen LogP contribution in [-0.2, 0) is 4.79 Å². The van der Waals surface area contributed by atoms with E-state index in [1.165, 1.54) is 6.08 Å². The van der Waals surface area contributed by atoms with Crippen LogP contribution in [0.2, 0.25) is 0 Å². The van der Waals surface area contributed by atoms with Gasteiger partial charge in [-0.2, -0.15) is 0 Å². The van der Waals surface area contributed by atoms with Gasteiger partial charge in [-0.05, 0) is 5.56 Å². The second-order valence-electron chi connectivity index (χ2n) is 2.32. The molecule has 0 amide bonds. The highest BCUT2D eigenvalue weighted by Gasteiger charge is 1.96. The van der Waals surface area contributed by atoms with E-state index >= 15 is 0 Å². The summed E-state index contributed by atoms with van der Waals surface area (Å²) in [4.78, 5) is 10.7. The second kappa shape index (κ2) is 4.60. The van der Waals surface area contributed by atoms with Gasteiger partial charge in [0.1, 0.15) is 5.94 Å². The molecule has 2 heteroatoms. The molecular weight excluding hydrogens is 168 g/mol. The minimum atomic E-state index is 0.503. The van der Waals surface area contributed by atoms with E-state index in [9.17, 15) is 4.79 Å². The van der Waals surface area contributed by atoms with Crippen molar-refractivity contribution in [3.8, 4) is 0 Å². The van der Waals surface area contributed by atoms with E-state index < -0.39 is 0 Å². The quantitative estimate of drug-likeness (QED) is 0.399. The first kappa shape index (κ1) is 8.85. The van der Waals surface area contributed by atoms with Crippen molar-refractivity contribution in [1.29, 1.82) is 0 Å². The van der Waals surface area contributed by atoms with Crippen LogP contribution in [0.1, 0.15) is 12.0 Å². The normalized spacial score (nSPS) is 8.67. The van der Waals surface area contributed by atoms with Crippen molar-refractivity contribution in [2.24, 2.45) is 0 Å². The molecule has 0 aliphatic rings. The fourth-order valence-corrected chi connectivity index (χ4v) is 1.10. The topological polar surface area (TPSA) is 17.1 Å². The highest BCUT2D eigenvalue weighted by atomic mass is 32.1. The molecule has 0 radical (unpaired) electrons. The van der Waals surface area contributed by atoms with Crippen molar-refractivity contribution in [2.45, 2.75) is 6.42 Å². The van der Waals surface area contributed by atoms with Crippen molar-refractivity contribution in [2.75, 3.05) is 0 Å². The Morgan fingerprint density at radius 1 is 1.42 bits per heavy atom. The predicted octanol–water partition coefficient (Wildman–Crippen LogP) is 2.18. The third-order valence-electron chi connectivity index (χ3n) is 1.47. The molecule has 0 bridgehead atoms. The molecule has 0 saturated carbocycles. The summed E-state index contributed by atoms with van der Waals surface area (Å²) in [5.74, 6) is 1.71. The van der Waals surface area contributed by atoms with Gasteiger partial charge in [0.25, 0.3) is 0 Å². The SMILES string of the molecule is O=C=CCC(=S)c1ccccc1. The van der Waals surface area contributed by atoms with Gasteiger partial charge in [0, 0.05) is 17.4 Å². The molecule has 0 atom stereocenters. The van der Waals surface area contributed by atoms with Crippen LogP contribution in [0.3, 0.4) is 0 Å². The lowest BCUT2D eigenvalue weighted by molar-refractivity contribution is 0.568. The van der Waals surface area contributed by atoms with Crippen LogP contribution < -0.4 is 0 Å². The first-order valence-corrected chi connectivity index (χ1v) is 4.03. The van der Waals surface area contributed by atoms with Crippen molar-refractivity contribution in [1.82, 2.24) is 0 Å². The van der Waals surface area contributed by atoms with E-state index in [0.717, 1.165) is 10.4 Å². The van der Waals surface area contributed by atoms with Gasteiger partial charge in [-0.3, -0.25) is 0 Å². The van der Waals surface area contributed by atoms with Crippen LogP contribution >= 0.6 is 12.2 Å². The van der Waals surface area contributed by atoms with E-state index in [1.807, 2.05) is 30.3 Å². The molecule has 0 fully saturated rings. The number of rotatable bonds is 3. The Bertz CT molecular complexity index is 310. The first-order valence-electron chi connectivity index (χ1n) is 3.62. The molecule has 0 spiro atoms. The average molecular weight is 176 g/mol. The lowest BCUT2D eigenvalue weighted by Crippen LogP contribution is -1.93. The Morgan fingerprint density at radius 3 is 2.67 bits per heavy atom. The molecule has 1 aromatic rings. The number of hydrogen-bond donors (Lipinski definition) is 0. The Kier molecular flexibility index (Phi) is 3.39. The van der Waals surface area contributed by atoms with Crippen LogP contribution in [-0.4, -0.2) is 10.8 Å². The molecule has 60 valence electrons. The Morgan fingerprint density at radius 2 is 2.08 bits per heavy atom. The minimum absolute atomic E-state index is 0.503. The van der Waals surface area contributed by atoms with Crippen molar-refractivity contribution < 1.29 is 4.79 Å². The monoisotopic (exact) mass is 176 g/mol. The summed E-state index contributed by atoms with van der Waals surface area (Å²) in [6, 6.07) is 9.64. The smallest absolute Gasteiger partial charge is 0.120 e. The fourth-order valence-electron chi connectivity index (χ4n) is 0.876. The summed E-state index contributed by atoms with van der Waals surface area (Å²) in [7, 11) is 0. The molecule has 0 N–H and O–H groups in total. The zero-order valence-corrected chi connectivity index (χ0v) is 7.30. The highest BCUT2D eigenvalue weighted by Crippen LogP contribution is 2.04. The number of hydrogen-bond acceptors (Lipinski definition) is 2. The van der Waals surface area contributed by atoms with Gasteiger partial charge in [0.05, 0.1) is 0 Å². The fraction of sp³-hybridized carbons (Fsp3) is 0.100. The summed E-state index contributed by atoms with van der Waals surface area (Å²) >= 11 is 5.08. The molecule has 12 heavy (non-hydrogen) atoms. The van der Waals surface area contributed by atoms with Gasteiger partial charge in [-0.25, -0.2) is 4.79 Å². The van der Waals surface area contributed by atoms with Crippen LogP contribution in [0.4, 0.5) is 0 Å². The minimum Gasteiger partial charge on any atom is -0.234 e. The molecule has 0 unspecified atom stereocenters. The number of thiocarbonyl (C=S) groups is 1. The molecule has 1 aromatic carbocycles. The van der Waals surface area contributed by atoms with E-state index in [0.29, 0.717) is 6.42 Å². The maximum Gasteiger partial charge on any atom is 0.120 e. The van der Waals surface area contributed by atoms with Gasteiger partial charge >= 0.3 is 0 Å². The number of allylic oxidation sites excluding steroid dienone is 1. The zero-order valence-electron chi connectivity index (χ0n) is 6.49. The maximum atomic E-state index is 9.90. The van der Waals surface area contributed by atoms with Crippen LogP contribution in [0.25, 0.3) is 0 Å². The van der Waals surface area contributed by atoms with E-state index in [4.69, 9.17) is 12.2 Å². The molecule has 0 heterocycles. The maximum absolute atomic E-state index is 9.90. The summed E-state index contributed by atoms with van der Waals surface area (Å²) in [6.07, 6.45) is 1.90. The van der Waals surface area contributed by atoms with Crippen LogP contribution in [0.15, 0.2) is 36.4 Å². The van der Waals surface area contributed by atoms with Crippen LogP contribution in [0, 0.1) is 0 Å². The van der Waals surface area contributed by atoms with Gasteiger partial charge in [-0.15, -0.1) is 0 Å². The Labute approximate surface area is 76.7 Å². The van der Waals surface area contributed by atoms with E-state index in [2.05, 4.69) is 0 Å². The molecule has 1 nitrogen and oxygen atoms in total. The Balaban J connectivity index is 2.72. The third-order valence-corrected chi connectivity index (χ3v) is 1.87. The summed E-state index contributed by atoms with van der Waals surface area (Å²) < 4.78 is 0. The lowest BCUT2D eigenvalue weighted by atomic mass is 10.1. The van der Waals surface area contributed by atoms with Gasteiger partial charge in [0.15, 0.2) is 0 Å². The zero-order chi connectivity index (χ0) is 8.81. The second-order valence-corrected chi connectivity index (χ2v) is 2.81. The van der Waals surface area contributed by atoms with Gasteiger partial charge in [0.2, 0.25) is 0 Å². The summed E-state index contributed by atoms with van der Waals surface area (Å²) in [6.45, 7) is 0. The highest BCUT2D eigenvalue weighted by molar-refractivity contribution is 7.80. The Hall–Kier alpha value is -1.24. The average Bonchev–Trinajstić information content (AvgIpc) is 2.15. The van der Waals surface area contributed by atoms with Gasteiger partial charge < -0.3 is 0 Å². The molecular formula is C10H8OS. The number of carbonyl (C=O) groups excluding carboxylic acids is 1. The molecule has 0 saturated heterocycles. The molecule has 1 rings (SSSR count).